The van der Waals surface area contributed by atoms with Crippen LogP contribution in [0.5, 0.6) is 0 Å². The Kier molecular flexibility index (Phi) is 6.26. The molecule has 1 saturated heterocycles. The van der Waals surface area contributed by atoms with E-state index in [2.05, 4.69) is 65.9 Å². The number of β-amino-alcohol motifs (C(OH)–C–C–N with tert-alkyl or cyclic N) is 1. The number of benzene rings is 2. The first kappa shape index (κ1) is 22.4. The van der Waals surface area contributed by atoms with E-state index in [1.807, 2.05) is 24.0 Å². The Hall–Kier alpha value is -2.83. The molecule has 1 aromatic heterocycles. The van der Waals surface area contributed by atoms with Gasteiger partial charge in [-0.15, -0.1) is 0 Å². The molecule has 0 radical (unpaired) electrons. The molecule has 170 valence electrons. The average Bonchev–Trinajstić information content (AvgIpc) is 3.31. The number of imidazole rings is 1. The highest BCUT2D eigenvalue weighted by atomic mass is 16.3. The Morgan fingerprint density at radius 2 is 1.66 bits per heavy atom. The maximum absolute atomic E-state index is 11.2. The number of hydrogen-bond acceptors (Lipinski definition) is 5. The van der Waals surface area contributed by atoms with Crippen molar-refractivity contribution in [3.63, 3.8) is 0 Å². The fourth-order valence-electron chi connectivity index (χ4n) is 4.69. The minimum atomic E-state index is -0.798. The molecule has 6 nitrogen and oxygen atoms in total. The minimum absolute atomic E-state index is 0.611. The molecule has 1 unspecified atom stereocenters. The number of aromatic nitrogens is 2. The van der Waals surface area contributed by atoms with Crippen LogP contribution < -0.4 is 10.6 Å². The summed E-state index contributed by atoms with van der Waals surface area (Å²) < 4.78 is 2.01. The second-order valence-corrected chi connectivity index (χ2v) is 9.44. The lowest BCUT2D eigenvalue weighted by Gasteiger charge is -2.39. The molecule has 1 aliphatic heterocycles. The molecule has 4 rings (SSSR count). The zero-order valence-corrected chi connectivity index (χ0v) is 19.7. The number of nitrogens with zero attached hydrogens (tertiary/aromatic N) is 4. The van der Waals surface area contributed by atoms with Gasteiger partial charge in [0.15, 0.2) is 0 Å². The van der Waals surface area contributed by atoms with Gasteiger partial charge < -0.3 is 20.3 Å². The van der Waals surface area contributed by atoms with Crippen LogP contribution in [-0.4, -0.2) is 57.9 Å². The lowest BCUT2D eigenvalue weighted by molar-refractivity contribution is 0.0183. The number of piperazine rings is 1. The van der Waals surface area contributed by atoms with Crippen molar-refractivity contribution in [3.05, 3.63) is 71.3 Å². The predicted octanol–water partition coefficient (Wildman–Crippen LogP) is 3.50. The van der Waals surface area contributed by atoms with Gasteiger partial charge in [0.2, 0.25) is 0 Å². The van der Waals surface area contributed by atoms with Crippen molar-refractivity contribution in [3.8, 4) is 5.69 Å². The third kappa shape index (κ3) is 4.81. The van der Waals surface area contributed by atoms with Crippen molar-refractivity contribution in [1.82, 2.24) is 14.5 Å². The van der Waals surface area contributed by atoms with Crippen molar-refractivity contribution >= 4 is 11.4 Å². The van der Waals surface area contributed by atoms with Gasteiger partial charge in [0.1, 0.15) is 0 Å². The summed E-state index contributed by atoms with van der Waals surface area (Å²) in [5.41, 5.74) is 13.3. The second-order valence-electron chi connectivity index (χ2n) is 9.44. The first-order chi connectivity index (χ1) is 15.2. The van der Waals surface area contributed by atoms with Crippen molar-refractivity contribution in [2.75, 3.05) is 43.4 Å². The molecule has 32 heavy (non-hydrogen) atoms. The van der Waals surface area contributed by atoms with Crippen molar-refractivity contribution in [2.24, 2.45) is 0 Å². The van der Waals surface area contributed by atoms with Crippen molar-refractivity contribution in [2.45, 2.75) is 39.7 Å². The highest BCUT2D eigenvalue weighted by molar-refractivity contribution is 5.59. The first-order valence-corrected chi connectivity index (χ1v) is 11.4. The third-order valence-corrected chi connectivity index (χ3v) is 6.80. The topological polar surface area (TPSA) is 70.5 Å². The van der Waals surface area contributed by atoms with Crippen molar-refractivity contribution < 1.29 is 5.11 Å². The van der Waals surface area contributed by atoms with Crippen LogP contribution in [0, 0.1) is 20.8 Å². The summed E-state index contributed by atoms with van der Waals surface area (Å²) in [5, 5.41) is 11.2. The molecule has 3 N–H and O–H groups in total. The SMILES string of the molecule is Cc1cc(CC(C)(O)CN2CCN(c3ccc(-n4ccnc4)cc3)CC2)c(C)c(N)c1C. The molecule has 2 heterocycles. The lowest BCUT2D eigenvalue weighted by Crippen LogP contribution is -2.51. The maximum atomic E-state index is 11.2. The Bertz CT molecular complexity index is 1050. The molecule has 3 aromatic rings. The van der Waals surface area contributed by atoms with Crippen LogP contribution in [0.25, 0.3) is 5.69 Å². The molecule has 2 aromatic carbocycles. The molecule has 0 bridgehead atoms. The molecule has 0 amide bonds. The summed E-state index contributed by atoms with van der Waals surface area (Å²) in [4.78, 5) is 8.90. The lowest BCUT2D eigenvalue weighted by atomic mass is 9.89. The fourth-order valence-corrected chi connectivity index (χ4v) is 4.69. The van der Waals surface area contributed by atoms with Gasteiger partial charge in [-0.25, -0.2) is 4.98 Å². The van der Waals surface area contributed by atoms with E-state index in [0.29, 0.717) is 13.0 Å². The maximum Gasteiger partial charge on any atom is 0.0991 e. The number of hydrogen-bond donors (Lipinski definition) is 2. The zero-order chi connectivity index (χ0) is 22.9. The monoisotopic (exact) mass is 433 g/mol. The molecular weight excluding hydrogens is 398 g/mol. The Morgan fingerprint density at radius 3 is 2.28 bits per heavy atom. The second kappa shape index (κ2) is 8.96. The van der Waals surface area contributed by atoms with Crippen LogP contribution in [0.3, 0.4) is 0 Å². The van der Waals surface area contributed by atoms with Crippen LogP contribution in [0.4, 0.5) is 11.4 Å². The Balaban J connectivity index is 1.34. The molecule has 1 fully saturated rings. The van der Waals surface area contributed by atoms with Gasteiger partial charge in [-0.1, -0.05) is 6.07 Å². The van der Waals surface area contributed by atoms with Crippen LogP contribution in [0.1, 0.15) is 29.2 Å². The summed E-state index contributed by atoms with van der Waals surface area (Å²) in [5.74, 6) is 0. The van der Waals surface area contributed by atoms with E-state index in [0.717, 1.165) is 54.2 Å². The van der Waals surface area contributed by atoms with Crippen LogP contribution in [-0.2, 0) is 6.42 Å². The molecule has 0 spiro atoms. The van der Waals surface area contributed by atoms with Gasteiger partial charge in [0.25, 0.3) is 0 Å². The number of aliphatic hydroxyl groups is 1. The van der Waals surface area contributed by atoms with E-state index in [1.54, 1.807) is 6.20 Å². The largest absolute Gasteiger partial charge is 0.398 e. The summed E-state index contributed by atoms with van der Waals surface area (Å²) in [7, 11) is 0. The number of aryl methyl sites for hydroxylation is 1. The van der Waals surface area contributed by atoms with E-state index in [-0.39, 0.29) is 0 Å². The molecule has 6 heteroatoms. The Labute approximate surface area is 191 Å². The normalized spacial score (nSPS) is 16.8. The molecule has 0 saturated carbocycles. The standard InChI is InChI=1S/C26H35N5O/c1-19-15-22(21(3)25(27)20(19)2)16-26(4,32)17-29-11-13-30(14-12-29)23-5-7-24(8-6-23)31-10-9-28-18-31/h5-10,15,18,32H,11-14,16-17,27H2,1-4H3. The van der Waals surface area contributed by atoms with E-state index in [4.69, 9.17) is 5.73 Å². The van der Waals surface area contributed by atoms with Crippen LogP contribution in [0.15, 0.2) is 49.1 Å². The molecule has 1 atom stereocenters. The summed E-state index contributed by atoms with van der Waals surface area (Å²) in [6.45, 7) is 12.6. The molecular formula is C26H35N5O. The van der Waals surface area contributed by atoms with Crippen LogP contribution in [0.2, 0.25) is 0 Å². The molecule has 0 aliphatic carbocycles. The van der Waals surface area contributed by atoms with Gasteiger partial charge in [0, 0.05) is 68.6 Å². The van der Waals surface area contributed by atoms with E-state index < -0.39 is 5.60 Å². The summed E-state index contributed by atoms with van der Waals surface area (Å²) in [6.07, 6.45) is 6.17. The quantitative estimate of drug-likeness (QED) is 0.583. The van der Waals surface area contributed by atoms with Gasteiger partial charge in [-0.2, -0.15) is 0 Å². The highest BCUT2D eigenvalue weighted by Gasteiger charge is 2.28. The third-order valence-electron chi connectivity index (χ3n) is 6.80. The molecule has 1 aliphatic rings. The van der Waals surface area contributed by atoms with E-state index >= 15 is 0 Å². The average molecular weight is 434 g/mol. The number of anilines is 2. The van der Waals surface area contributed by atoms with E-state index in [9.17, 15) is 5.11 Å². The fraction of sp³-hybridized carbons (Fsp3) is 0.423. The first-order valence-electron chi connectivity index (χ1n) is 11.4. The van der Waals surface area contributed by atoms with Gasteiger partial charge in [-0.3, -0.25) is 4.90 Å². The highest BCUT2D eigenvalue weighted by Crippen LogP contribution is 2.28. The number of rotatable bonds is 6. The smallest absolute Gasteiger partial charge is 0.0991 e. The van der Waals surface area contributed by atoms with Gasteiger partial charge >= 0.3 is 0 Å². The van der Waals surface area contributed by atoms with Crippen LogP contribution >= 0.6 is 0 Å². The zero-order valence-electron chi connectivity index (χ0n) is 19.7. The van der Waals surface area contributed by atoms with E-state index in [1.165, 1.54) is 11.3 Å². The summed E-state index contributed by atoms with van der Waals surface area (Å²) >= 11 is 0. The number of nitrogen functional groups attached to an aromatic ring is 1. The predicted molar refractivity (Wildman–Crippen MR) is 132 cm³/mol. The van der Waals surface area contributed by atoms with Gasteiger partial charge in [-0.05, 0) is 74.2 Å². The summed E-state index contributed by atoms with van der Waals surface area (Å²) in [6, 6.07) is 10.8. The van der Waals surface area contributed by atoms with Crippen molar-refractivity contribution in [1.29, 1.82) is 0 Å². The number of nitrogens with two attached hydrogens (primary N) is 1. The minimum Gasteiger partial charge on any atom is -0.398 e. The van der Waals surface area contributed by atoms with Gasteiger partial charge in [0.05, 0.1) is 11.9 Å². The Morgan fingerprint density at radius 1 is 1.00 bits per heavy atom.